The van der Waals surface area contributed by atoms with Gasteiger partial charge in [-0.05, 0) is 0 Å². The third-order valence-electron chi connectivity index (χ3n) is 0.846. The van der Waals surface area contributed by atoms with E-state index in [2.05, 4.69) is 5.32 Å². The molecule has 2 nitrogen and oxygen atoms in total. The molecule has 0 aliphatic carbocycles. The fourth-order valence-electron chi connectivity index (χ4n) is 0.516. The van der Waals surface area contributed by atoms with Gasteiger partial charge in [-0.1, -0.05) is 0 Å². The van der Waals surface area contributed by atoms with Crippen molar-refractivity contribution in [1.29, 1.82) is 0 Å². The van der Waals surface area contributed by atoms with Gasteiger partial charge in [0.1, 0.15) is 0 Å². The van der Waals surface area contributed by atoms with Gasteiger partial charge in [-0.25, -0.2) is 0 Å². The van der Waals surface area contributed by atoms with Crippen LogP contribution in [-0.4, -0.2) is 75.2 Å². The number of nitrogens with one attached hydrogen (secondary N) is 1. The number of rotatable bonds is 0. The summed E-state index contributed by atoms with van der Waals surface area (Å²) in [5.41, 5.74) is 0. The van der Waals surface area contributed by atoms with Crippen LogP contribution in [0, 0.1) is 0 Å². The largest absolute Gasteiger partial charge is 0.379 e. The summed E-state index contributed by atoms with van der Waals surface area (Å²) >= 11 is 0. The number of ether oxygens (including phenoxy) is 1. The second kappa shape index (κ2) is 5.62. The van der Waals surface area contributed by atoms with E-state index < -0.39 is 0 Å². The van der Waals surface area contributed by atoms with Gasteiger partial charge in [0.05, 0.1) is 13.2 Å². The van der Waals surface area contributed by atoms with Gasteiger partial charge in [0.15, 0.2) is 0 Å². The molecule has 3 heteroatoms. The van der Waals surface area contributed by atoms with E-state index in [0.29, 0.717) is 0 Å². The molecule has 0 spiro atoms. The zero-order valence-corrected chi connectivity index (χ0v) is 8.88. The normalized spacial score (nSPS) is 20.6. The molecule has 0 unspecified atom stereocenters. The molecule has 1 aliphatic rings. The van der Waals surface area contributed by atoms with Gasteiger partial charge in [-0.3, -0.25) is 0 Å². The summed E-state index contributed by atoms with van der Waals surface area (Å²) in [6.45, 7) is 3.83. The number of hydrogen-bond acceptors (Lipinski definition) is 2. The SMILES string of the molecule is C1COCCN1.[Ba]. The van der Waals surface area contributed by atoms with Gasteiger partial charge < -0.3 is 10.1 Å². The first-order valence-electron chi connectivity index (χ1n) is 2.28. The van der Waals surface area contributed by atoms with Crippen LogP contribution in [0.15, 0.2) is 0 Å². The quantitative estimate of drug-likeness (QED) is 0.546. The summed E-state index contributed by atoms with van der Waals surface area (Å²) in [7, 11) is 0. The molecule has 0 aromatic carbocycles. The molecule has 1 aliphatic heterocycles. The molecular formula is C4H9BaNO. The topological polar surface area (TPSA) is 21.3 Å². The Morgan fingerprint density at radius 2 is 1.71 bits per heavy atom. The van der Waals surface area contributed by atoms with Crippen LogP contribution in [0.2, 0.25) is 0 Å². The van der Waals surface area contributed by atoms with Crippen molar-refractivity contribution in [2.24, 2.45) is 0 Å². The average Bonchev–Trinajstić information content (AvgIpc) is 1.72. The Morgan fingerprint density at radius 3 is 1.86 bits per heavy atom. The maximum absolute atomic E-state index is 5.01. The first kappa shape index (κ1) is 8.49. The molecule has 1 fully saturated rings. The molecule has 1 N–H and O–H groups in total. The van der Waals surface area contributed by atoms with Crippen molar-refractivity contribution in [1.82, 2.24) is 5.32 Å². The van der Waals surface area contributed by atoms with Gasteiger partial charge in [0.25, 0.3) is 0 Å². The van der Waals surface area contributed by atoms with Crippen molar-refractivity contribution in [2.45, 2.75) is 0 Å². The van der Waals surface area contributed by atoms with Crippen molar-refractivity contribution in [2.75, 3.05) is 26.3 Å². The predicted octanol–water partition coefficient (Wildman–Crippen LogP) is -0.775. The van der Waals surface area contributed by atoms with Gasteiger partial charge in [-0.2, -0.15) is 0 Å². The first-order valence-corrected chi connectivity index (χ1v) is 2.28. The van der Waals surface area contributed by atoms with Crippen molar-refractivity contribution in [3.05, 3.63) is 0 Å². The van der Waals surface area contributed by atoms with Gasteiger partial charge in [0.2, 0.25) is 0 Å². The summed E-state index contributed by atoms with van der Waals surface area (Å²) in [5.74, 6) is 0. The van der Waals surface area contributed by atoms with Crippen molar-refractivity contribution >= 4 is 48.9 Å². The third-order valence-corrected chi connectivity index (χ3v) is 0.846. The second-order valence-corrected chi connectivity index (χ2v) is 1.36. The van der Waals surface area contributed by atoms with Crippen molar-refractivity contribution in [3.63, 3.8) is 0 Å². The van der Waals surface area contributed by atoms with Crippen LogP contribution in [0.25, 0.3) is 0 Å². The van der Waals surface area contributed by atoms with Crippen LogP contribution in [-0.2, 0) is 4.74 Å². The fraction of sp³-hybridized carbons (Fsp3) is 1.00. The van der Waals surface area contributed by atoms with E-state index in [1.807, 2.05) is 0 Å². The molecule has 0 amide bonds. The summed E-state index contributed by atoms with van der Waals surface area (Å²) < 4.78 is 5.01. The third kappa shape index (κ3) is 4.03. The van der Waals surface area contributed by atoms with E-state index in [0.717, 1.165) is 26.3 Å². The maximum atomic E-state index is 5.01. The van der Waals surface area contributed by atoms with Crippen LogP contribution in [0.5, 0.6) is 0 Å². The molecule has 7 heavy (non-hydrogen) atoms. The Kier molecular flexibility index (Phi) is 6.82. The van der Waals surface area contributed by atoms with Gasteiger partial charge in [0, 0.05) is 62.0 Å². The summed E-state index contributed by atoms with van der Waals surface area (Å²) in [6, 6.07) is 0. The predicted molar refractivity (Wildman–Crippen MR) is 29.4 cm³/mol. The molecule has 1 heterocycles. The molecule has 0 saturated carbocycles. The molecule has 0 bridgehead atoms. The van der Waals surface area contributed by atoms with E-state index in [9.17, 15) is 0 Å². The zero-order chi connectivity index (χ0) is 4.24. The molecule has 0 aromatic heterocycles. The Labute approximate surface area is 84.1 Å². The Morgan fingerprint density at radius 1 is 1.14 bits per heavy atom. The minimum Gasteiger partial charge on any atom is -0.379 e. The van der Waals surface area contributed by atoms with E-state index in [4.69, 9.17) is 4.74 Å². The fourth-order valence-corrected chi connectivity index (χ4v) is 0.516. The molecule has 0 aromatic rings. The number of morpholine rings is 1. The van der Waals surface area contributed by atoms with Crippen LogP contribution in [0.1, 0.15) is 0 Å². The van der Waals surface area contributed by atoms with Crippen molar-refractivity contribution < 1.29 is 4.74 Å². The molecule has 1 rings (SSSR count). The van der Waals surface area contributed by atoms with Crippen LogP contribution >= 0.6 is 0 Å². The summed E-state index contributed by atoms with van der Waals surface area (Å²) in [5, 5.41) is 3.16. The Hall–Kier alpha value is 1.49. The standard InChI is InChI=1S/C4H9NO.Ba/c1-3-6-4-2-5-1;/h5H,1-4H2;. The molecule has 0 atom stereocenters. The van der Waals surface area contributed by atoms with Crippen molar-refractivity contribution in [3.8, 4) is 0 Å². The average molecular weight is 224 g/mol. The second-order valence-electron chi connectivity index (χ2n) is 1.36. The van der Waals surface area contributed by atoms with Crippen LogP contribution < -0.4 is 5.32 Å². The smallest absolute Gasteiger partial charge is 0.0591 e. The van der Waals surface area contributed by atoms with Gasteiger partial charge >= 0.3 is 0 Å². The van der Waals surface area contributed by atoms with Crippen LogP contribution in [0.4, 0.5) is 0 Å². The molecular weight excluding hydrogens is 215 g/mol. The minimum absolute atomic E-state index is 0. The van der Waals surface area contributed by atoms with E-state index in [-0.39, 0.29) is 48.9 Å². The summed E-state index contributed by atoms with van der Waals surface area (Å²) in [6.07, 6.45) is 0. The maximum Gasteiger partial charge on any atom is 0.0591 e. The van der Waals surface area contributed by atoms with Gasteiger partial charge in [-0.15, -0.1) is 0 Å². The first-order chi connectivity index (χ1) is 3.00. The van der Waals surface area contributed by atoms with E-state index in [1.54, 1.807) is 0 Å². The Bertz CT molecular complexity index is 27.2. The Balaban J connectivity index is 0.000000360. The monoisotopic (exact) mass is 225 g/mol. The van der Waals surface area contributed by atoms with Crippen LogP contribution in [0.3, 0.4) is 0 Å². The molecule has 1 saturated heterocycles. The van der Waals surface area contributed by atoms with E-state index >= 15 is 0 Å². The summed E-state index contributed by atoms with van der Waals surface area (Å²) in [4.78, 5) is 0. The minimum atomic E-state index is 0. The zero-order valence-electron chi connectivity index (χ0n) is 4.44. The molecule has 2 radical (unpaired) electrons. The molecule has 38 valence electrons. The van der Waals surface area contributed by atoms with E-state index in [1.165, 1.54) is 0 Å². The number of hydrogen-bond donors (Lipinski definition) is 1.